The SMILES string of the molecule is Cc1c(-c2cc3ccccn3c2)c(C)[n+]2n1-c1cccc3c1C21c2c(cccc2Oc2cccc[n+]21)O3. The zero-order chi connectivity index (χ0) is 24.5. The minimum atomic E-state index is -0.683. The van der Waals surface area contributed by atoms with Crippen molar-refractivity contribution in [3.63, 3.8) is 0 Å². The smallest absolute Gasteiger partial charge is 0.452 e. The lowest BCUT2D eigenvalue weighted by molar-refractivity contribution is -0.999. The van der Waals surface area contributed by atoms with Crippen molar-refractivity contribution in [3.8, 4) is 39.9 Å². The highest BCUT2D eigenvalue weighted by molar-refractivity contribution is 5.75. The Balaban J connectivity index is 1.48. The Labute approximate surface area is 212 Å². The Morgan fingerprint density at radius 3 is 2.43 bits per heavy atom. The van der Waals surface area contributed by atoms with E-state index in [2.05, 4.69) is 99.3 Å². The van der Waals surface area contributed by atoms with Gasteiger partial charge in [0.2, 0.25) is 5.69 Å². The largest absolute Gasteiger partial charge is 0.455 e. The summed E-state index contributed by atoms with van der Waals surface area (Å²) in [5, 5.41) is 0. The number of pyridine rings is 2. The van der Waals surface area contributed by atoms with Gasteiger partial charge in [-0.2, -0.15) is 0 Å². The van der Waals surface area contributed by atoms with Crippen molar-refractivity contribution in [2.75, 3.05) is 0 Å². The molecule has 176 valence electrons. The summed E-state index contributed by atoms with van der Waals surface area (Å²) in [5.74, 6) is 3.31. The zero-order valence-corrected chi connectivity index (χ0v) is 20.3. The third kappa shape index (κ3) is 2.07. The van der Waals surface area contributed by atoms with E-state index in [0.717, 1.165) is 39.9 Å². The molecule has 0 N–H and O–H groups in total. The molecule has 0 saturated heterocycles. The van der Waals surface area contributed by atoms with Crippen molar-refractivity contribution in [2.24, 2.45) is 0 Å². The summed E-state index contributed by atoms with van der Waals surface area (Å²) in [7, 11) is 0. The number of hydrogen-bond donors (Lipinski definition) is 0. The van der Waals surface area contributed by atoms with Crippen molar-refractivity contribution in [3.05, 3.63) is 120 Å². The molecule has 0 aliphatic carbocycles. The first kappa shape index (κ1) is 19.4. The summed E-state index contributed by atoms with van der Waals surface area (Å²) in [5.41, 5.74) is 8.59. The van der Waals surface area contributed by atoms with Crippen LogP contribution < -0.4 is 18.7 Å². The molecule has 6 aromatic rings. The Morgan fingerprint density at radius 2 is 1.57 bits per heavy atom. The molecule has 0 amide bonds. The van der Waals surface area contributed by atoms with Gasteiger partial charge in [-0.3, -0.25) is 0 Å². The third-order valence-corrected chi connectivity index (χ3v) is 8.18. The van der Waals surface area contributed by atoms with E-state index in [1.807, 2.05) is 30.3 Å². The van der Waals surface area contributed by atoms with Crippen molar-refractivity contribution in [1.82, 2.24) is 9.08 Å². The highest BCUT2D eigenvalue weighted by Gasteiger charge is 2.72. The first-order valence-electron chi connectivity index (χ1n) is 12.5. The Bertz CT molecular complexity index is 1930. The third-order valence-electron chi connectivity index (χ3n) is 8.18. The van der Waals surface area contributed by atoms with Crippen molar-refractivity contribution < 1.29 is 18.7 Å². The van der Waals surface area contributed by atoms with Gasteiger partial charge in [-0.25, -0.2) is 0 Å². The van der Waals surface area contributed by atoms with Crippen molar-refractivity contribution >= 4 is 5.52 Å². The average Bonchev–Trinajstić information content (AvgIpc) is 3.55. The molecule has 3 aliphatic rings. The molecule has 0 bridgehead atoms. The van der Waals surface area contributed by atoms with E-state index < -0.39 is 5.66 Å². The Hall–Kier alpha value is -4.84. The van der Waals surface area contributed by atoms with Crippen LogP contribution >= 0.6 is 0 Å². The van der Waals surface area contributed by atoms with Gasteiger partial charge < -0.3 is 13.9 Å². The standard InChI is InChI=1S/C31H22N4O2/c1-19-28(21-17-22-9-3-5-15-32(22)18-21)20(2)35-31-29-23(34(19)35)10-7-11-24(29)36-25-12-8-13-26(30(25)31)37-27-14-4-6-16-33(27)31/h3-18H,1-2H3/q+2. The van der Waals surface area contributed by atoms with Gasteiger partial charge in [0.05, 0.1) is 17.3 Å². The number of rotatable bonds is 1. The predicted molar refractivity (Wildman–Crippen MR) is 137 cm³/mol. The van der Waals surface area contributed by atoms with Crippen LogP contribution in [0.3, 0.4) is 0 Å². The average molecular weight is 483 g/mol. The molecule has 3 aliphatic heterocycles. The molecule has 2 aromatic carbocycles. The maximum Gasteiger partial charge on any atom is 0.452 e. The van der Waals surface area contributed by atoms with Crippen molar-refractivity contribution in [2.45, 2.75) is 19.5 Å². The van der Waals surface area contributed by atoms with E-state index >= 15 is 0 Å². The number of benzene rings is 2. The summed E-state index contributed by atoms with van der Waals surface area (Å²) < 4.78 is 22.3. The second-order valence-electron chi connectivity index (χ2n) is 10.00. The summed E-state index contributed by atoms with van der Waals surface area (Å²) in [6, 6.07) is 27.2. The van der Waals surface area contributed by atoms with E-state index in [1.54, 1.807) is 0 Å². The quantitative estimate of drug-likeness (QED) is 0.293. The van der Waals surface area contributed by atoms with Crippen LogP contribution in [0.15, 0.2) is 97.5 Å². The molecular formula is C31H22N4O2+2. The molecular weight excluding hydrogens is 460 g/mol. The fourth-order valence-corrected chi connectivity index (χ4v) is 6.90. The Morgan fingerprint density at radius 1 is 0.784 bits per heavy atom. The predicted octanol–water partition coefficient (Wildman–Crippen LogP) is 5.41. The molecule has 1 spiro atoms. The highest BCUT2D eigenvalue weighted by Crippen LogP contribution is 2.56. The van der Waals surface area contributed by atoms with Gasteiger partial charge in [0.1, 0.15) is 17.2 Å². The lowest BCUT2D eigenvalue weighted by atomic mass is 9.85. The van der Waals surface area contributed by atoms with Gasteiger partial charge in [-0.1, -0.05) is 22.8 Å². The zero-order valence-electron chi connectivity index (χ0n) is 20.3. The van der Waals surface area contributed by atoms with Gasteiger partial charge in [0.25, 0.3) is 0 Å². The molecule has 9 rings (SSSR count). The lowest BCUT2D eigenvalue weighted by Crippen LogP contribution is -2.76. The molecule has 6 heteroatoms. The number of hydrogen-bond acceptors (Lipinski definition) is 2. The topological polar surface area (TPSA) is 35.6 Å². The molecule has 1 atom stereocenters. The van der Waals surface area contributed by atoms with Crippen LogP contribution in [-0.2, 0) is 5.66 Å². The van der Waals surface area contributed by atoms with Crippen LogP contribution in [0.25, 0.3) is 22.3 Å². The van der Waals surface area contributed by atoms with Crippen LogP contribution in [0.1, 0.15) is 22.5 Å². The molecule has 0 fully saturated rings. The van der Waals surface area contributed by atoms with Gasteiger partial charge in [0.15, 0.2) is 23.1 Å². The van der Waals surface area contributed by atoms with Crippen molar-refractivity contribution in [1.29, 1.82) is 0 Å². The lowest BCUT2D eigenvalue weighted by Gasteiger charge is -2.31. The van der Waals surface area contributed by atoms with Gasteiger partial charge in [0, 0.05) is 36.5 Å². The van der Waals surface area contributed by atoms with Gasteiger partial charge in [-0.05, 0) is 60.1 Å². The maximum atomic E-state index is 6.54. The molecule has 37 heavy (non-hydrogen) atoms. The highest BCUT2D eigenvalue weighted by atomic mass is 16.5. The monoisotopic (exact) mass is 482 g/mol. The Kier molecular flexibility index (Phi) is 3.29. The molecule has 4 aromatic heterocycles. The van der Waals surface area contributed by atoms with Crippen LogP contribution in [-0.4, -0.2) is 9.08 Å². The van der Waals surface area contributed by atoms with E-state index in [-0.39, 0.29) is 0 Å². The van der Waals surface area contributed by atoms with Gasteiger partial charge >= 0.3 is 11.5 Å². The minimum absolute atomic E-state index is 0.683. The minimum Gasteiger partial charge on any atom is -0.455 e. The van der Waals surface area contributed by atoms with E-state index in [1.165, 1.54) is 28.0 Å². The summed E-state index contributed by atoms with van der Waals surface area (Å²) in [4.78, 5) is 0. The summed E-state index contributed by atoms with van der Waals surface area (Å²) in [6.45, 7) is 4.45. The number of fused-ring (bicyclic) bond motifs is 4. The summed E-state index contributed by atoms with van der Waals surface area (Å²) in [6.07, 6.45) is 6.45. The second-order valence-corrected chi connectivity index (χ2v) is 10.00. The molecule has 7 heterocycles. The molecule has 0 radical (unpaired) electrons. The van der Waals surface area contributed by atoms with Crippen LogP contribution in [0.2, 0.25) is 0 Å². The fourth-order valence-electron chi connectivity index (χ4n) is 6.90. The summed E-state index contributed by atoms with van der Waals surface area (Å²) >= 11 is 0. The number of ether oxygens (including phenoxy) is 2. The molecule has 1 unspecified atom stereocenters. The fraction of sp³-hybridized carbons (Fsp3) is 0.0968. The number of nitrogens with zero attached hydrogens (tertiary/aromatic N) is 4. The van der Waals surface area contributed by atoms with Crippen LogP contribution in [0.5, 0.6) is 23.1 Å². The molecule has 0 saturated carbocycles. The number of aromatic nitrogens is 4. The van der Waals surface area contributed by atoms with Crippen LogP contribution in [0.4, 0.5) is 0 Å². The van der Waals surface area contributed by atoms with E-state index in [9.17, 15) is 0 Å². The second kappa shape index (κ2) is 6.28. The van der Waals surface area contributed by atoms with Crippen LogP contribution in [0, 0.1) is 13.8 Å². The molecule has 6 nitrogen and oxygen atoms in total. The van der Waals surface area contributed by atoms with E-state index in [4.69, 9.17) is 9.47 Å². The van der Waals surface area contributed by atoms with E-state index in [0.29, 0.717) is 0 Å². The first-order valence-corrected chi connectivity index (χ1v) is 12.5. The first-order chi connectivity index (χ1) is 18.2. The van der Waals surface area contributed by atoms with Gasteiger partial charge in [-0.15, -0.1) is 4.68 Å². The maximum absolute atomic E-state index is 6.54. The normalized spacial score (nSPS) is 17.5.